The highest BCUT2D eigenvalue weighted by atomic mass is 79.9. The average molecular weight is 359 g/mol. The molecule has 112 valence electrons. The first-order valence-electron chi connectivity index (χ1n) is 6.86. The number of carbonyl (C=O) groups excluding carboxylic acids is 1. The van der Waals surface area contributed by atoms with Crippen molar-refractivity contribution in [2.75, 3.05) is 0 Å². The Morgan fingerprint density at radius 1 is 1.36 bits per heavy atom. The van der Waals surface area contributed by atoms with Gasteiger partial charge in [-0.3, -0.25) is 4.79 Å². The standard InChI is InChI=1S/C16H15BrN4O/c1-11(20-16(22)15-8-13(17)9-19-15)12-2-4-14(5-3-12)21-7-6-18-10-21/h2-11,19H,1H3,(H,20,22). The topological polar surface area (TPSA) is 62.7 Å². The first kappa shape index (κ1) is 14.6. The van der Waals surface area contributed by atoms with E-state index in [0.29, 0.717) is 5.69 Å². The Bertz CT molecular complexity index is 762. The fraction of sp³-hybridized carbons (Fsp3) is 0.125. The SMILES string of the molecule is CC(NC(=O)c1cc(Br)c[nH]1)c1ccc(-n2ccnc2)cc1. The molecule has 2 heterocycles. The second-order valence-corrected chi connectivity index (χ2v) is 5.90. The summed E-state index contributed by atoms with van der Waals surface area (Å²) < 4.78 is 2.79. The maximum absolute atomic E-state index is 12.1. The van der Waals surface area contributed by atoms with Crippen molar-refractivity contribution in [3.05, 3.63) is 71.0 Å². The van der Waals surface area contributed by atoms with Crippen LogP contribution in [-0.2, 0) is 0 Å². The van der Waals surface area contributed by atoms with Crippen LogP contribution < -0.4 is 5.32 Å². The van der Waals surface area contributed by atoms with Gasteiger partial charge in [0.25, 0.3) is 5.91 Å². The molecule has 0 bridgehead atoms. The molecule has 6 heteroatoms. The number of nitrogens with one attached hydrogen (secondary N) is 2. The van der Waals surface area contributed by atoms with Crippen molar-refractivity contribution in [2.24, 2.45) is 0 Å². The number of aromatic amines is 1. The summed E-state index contributed by atoms with van der Waals surface area (Å²) in [5.41, 5.74) is 2.62. The van der Waals surface area contributed by atoms with Crippen LogP contribution in [0, 0.1) is 0 Å². The van der Waals surface area contributed by atoms with Gasteiger partial charge in [-0.05, 0) is 46.6 Å². The summed E-state index contributed by atoms with van der Waals surface area (Å²) >= 11 is 3.32. The first-order chi connectivity index (χ1) is 10.6. The Kier molecular flexibility index (Phi) is 4.11. The Hall–Kier alpha value is -2.34. The second-order valence-electron chi connectivity index (χ2n) is 4.99. The number of hydrogen-bond donors (Lipinski definition) is 2. The molecular weight excluding hydrogens is 344 g/mol. The fourth-order valence-corrected chi connectivity index (χ4v) is 2.55. The van der Waals surface area contributed by atoms with Crippen molar-refractivity contribution in [1.82, 2.24) is 19.9 Å². The molecule has 2 aromatic heterocycles. The summed E-state index contributed by atoms with van der Waals surface area (Å²) in [7, 11) is 0. The predicted molar refractivity (Wildman–Crippen MR) is 87.9 cm³/mol. The predicted octanol–water partition coefficient (Wildman–Crippen LogP) is 3.45. The summed E-state index contributed by atoms with van der Waals surface area (Å²) in [5.74, 6) is -0.128. The molecule has 0 aliphatic carbocycles. The molecule has 0 saturated heterocycles. The van der Waals surface area contributed by atoms with Crippen LogP contribution in [0.5, 0.6) is 0 Å². The molecule has 0 aliphatic rings. The number of halogens is 1. The first-order valence-corrected chi connectivity index (χ1v) is 7.66. The lowest BCUT2D eigenvalue weighted by Gasteiger charge is -2.14. The molecule has 0 fully saturated rings. The zero-order chi connectivity index (χ0) is 15.5. The van der Waals surface area contributed by atoms with Crippen LogP contribution in [-0.4, -0.2) is 20.4 Å². The third kappa shape index (κ3) is 3.12. The van der Waals surface area contributed by atoms with Crippen molar-refractivity contribution in [2.45, 2.75) is 13.0 Å². The van der Waals surface area contributed by atoms with E-state index in [2.05, 4.69) is 31.2 Å². The van der Waals surface area contributed by atoms with Gasteiger partial charge in [0.1, 0.15) is 5.69 Å². The maximum atomic E-state index is 12.1. The highest BCUT2D eigenvalue weighted by Crippen LogP contribution is 2.17. The largest absolute Gasteiger partial charge is 0.356 e. The zero-order valence-electron chi connectivity index (χ0n) is 12.0. The lowest BCUT2D eigenvalue weighted by Crippen LogP contribution is -2.26. The van der Waals surface area contributed by atoms with E-state index < -0.39 is 0 Å². The van der Waals surface area contributed by atoms with Crippen molar-refractivity contribution >= 4 is 21.8 Å². The number of H-pyrrole nitrogens is 1. The molecular formula is C16H15BrN4O. The van der Waals surface area contributed by atoms with Gasteiger partial charge in [0.05, 0.1) is 12.4 Å². The van der Waals surface area contributed by atoms with Crippen molar-refractivity contribution < 1.29 is 4.79 Å². The third-order valence-electron chi connectivity index (χ3n) is 3.44. The van der Waals surface area contributed by atoms with Crippen LogP contribution in [0.1, 0.15) is 29.0 Å². The molecule has 0 aliphatic heterocycles. The molecule has 22 heavy (non-hydrogen) atoms. The van der Waals surface area contributed by atoms with Crippen LogP contribution >= 0.6 is 15.9 Å². The highest BCUT2D eigenvalue weighted by molar-refractivity contribution is 9.10. The molecule has 3 rings (SSSR count). The molecule has 1 amide bonds. The van der Waals surface area contributed by atoms with E-state index in [1.165, 1.54) is 0 Å². The van der Waals surface area contributed by atoms with E-state index >= 15 is 0 Å². The number of amides is 1. The number of imidazole rings is 1. The molecule has 0 saturated carbocycles. The number of nitrogens with zero attached hydrogens (tertiary/aromatic N) is 2. The van der Waals surface area contributed by atoms with Gasteiger partial charge >= 0.3 is 0 Å². The molecule has 2 N–H and O–H groups in total. The number of rotatable bonds is 4. The molecule has 0 radical (unpaired) electrons. The molecule has 1 atom stereocenters. The van der Waals surface area contributed by atoms with E-state index in [9.17, 15) is 4.79 Å². The van der Waals surface area contributed by atoms with Crippen LogP contribution in [0.15, 0.2) is 59.7 Å². The van der Waals surface area contributed by atoms with Crippen molar-refractivity contribution in [1.29, 1.82) is 0 Å². The van der Waals surface area contributed by atoms with Crippen LogP contribution in [0.2, 0.25) is 0 Å². The van der Waals surface area contributed by atoms with Gasteiger partial charge in [0.15, 0.2) is 0 Å². The lowest BCUT2D eigenvalue weighted by molar-refractivity contribution is 0.0935. The quantitative estimate of drug-likeness (QED) is 0.750. The molecule has 1 unspecified atom stereocenters. The molecule has 0 spiro atoms. The number of aromatic nitrogens is 3. The normalized spacial score (nSPS) is 12.1. The maximum Gasteiger partial charge on any atom is 0.268 e. The lowest BCUT2D eigenvalue weighted by atomic mass is 10.1. The molecule has 3 aromatic rings. The number of carbonyl (C=O) groups is 1. The van der Waals surface area contributed by atoms with Crippen LogP contribution in [0.3, 0.4) is 0 Å². The summed E-state index contributed by atoms with van der Waals surface area (Å²) in [6, 6.07) is 9.70. The summed E-state index contributed by atoms with van der Waals surface area (Å²) in [5, 5.41) is 2.97. The Morgan fingerprint density at radius 2 is 2.14 bits per heavy atom. The Labute approximate surface area is 136 Å². The number of hydrogen-bond acceptors (Lipinski definition) is 2. The van der Waals surface area contributed by atoms with Gasteiger partial charge < -0.3 is 14.9 Å². The molecule has 1 aromatic carbocycles. The van der Waals surface area contributed by atoms with Crippen molar-refractivity contribution in [3.8, 4) is 5.69 Å². The van der Waals surface area contributed by atoms with E-state index in [1.807, 2.05) is 42.0 Å². The van der Waals surface area contributed by atoms with Gasteiger partial charge in [0.2, 0.25) is 0 Å². The second kappa shape index (κ2) is 6.19. The van der Waals surface area contributed by atoms with Gasteiger partial charge in [-0.25, -0.2) is 4.98 Å². The van der Waals surface area contributed by atoms with Gasteiger partial charge in [-0.2, -0.15) is 0 Å². The van der Waals surface area contributed by atoms with E-state index in [1.54, 1.807) is 24.8 Å². The molecule has 5 nitrogen and oxygen atoms in total. The summed E-state index contributed by atoms with van der Waals surface area (Å²) in [6.07, 6.45) is 7.12. The van der Waals surface area contributed by atoms with Gasteiger partial charge in [0, 0.05) is 28.8 Å². The Morgan fingerprint density at radius 3 is 2.73 bits per heavy atom. The van der Waals surface area contributed by atoms with E-state index in [0.717, 1.165) is 15.7 Å². The van der Waals surface area contributed by atoms with E-state index in [4.69, 9.17) is 0 Å². The minimum absolute atomic E-state index is 0.0774. The smallest absolute Gasteiger partial charge is 0.268 e. The third-order valence-corrected chi connectivity index (χ3v) is 3.89. The zero-order valence-corrected chi connectivity index (χ0v) is 13.5. The highest BCUT2D eigenvalue weighted by Gasteiger charge is 2.12. The summed E-state index contributed by atoms with van der Waals surface area (Å²) in [4.78, 5) is 19.1. The summed E-state index contributed by atoms with van der Waals surface area (Å²) in [6.45, 7) is 1.96. The average Bonchev–Trinajstić information content (AvgIpc) is 3.18. The van der Waals surface area contributed by atoms with Gasteiger partial charge in [-0.1, -0.05) is 12.1 Å². The van der Waals surface area contributed by atoms with Crippen LogP contribution in [0.25, 0.3) is 5.69 Å². The Balaban J connectivity index is 1.69. The minimum atomic E-state index is -0.128. The number of benzene rings is 1. The van der Waals surface area contributed by atoms with E-state index in [-0.39, 0.29) is 11.9 Å². The monoisotopic (exact) mass is 358 g/mol. The van der Waals surface area contributed by atoms with Crippen molar-refractivity contribution in [3.63, 3.8) is 0 Å². The van der Waals surface area contributed by atoms with Crippen LogP contribution in [0.4, 0.5) is 0 Å². The minimum Gasteiger partial charge on any atom is -0.356 e. The van der Waals surface area contributed by atoms with Gasteiger partial charge in [-0.15, -0.1) is 0 Å². The fourth-order valence-electron chi connectivity index (χ4n) is 2.20.